The molecule has 0 spiro atoms. The Morgan fingerprint density at radius 1 is 0.966 bits per heavy atom. The molecule has 3 rings (SSSR count). The van der Waals surface area contributed by atoms with Crippen molar-refractivity contribution in [2.24, 2.45) is 4.99 Å². The number of para-hydroxylation sites is 1. The quantitative estimate of drug-likeness (QED) is 0.281. The van der Waals surface area contributed by atoms with E-state index in [0.717, 1.165) is 22.4 Å². The Bertz CT molecular complexity index is 959. The molecular formula is C23H25N3O3. The smallest absolute Gasteiger partial charge is 0.196 e. The number of hydrogen-bond acceptors (Lipinski definition) is 4. The maximum absolute atomic E-state index is 10.3. The van der Waals surface area contributed by atoms with Crippen LogP contribution in [0.2, 0.25) is 0 Å². The molecule has 0 aliphatic carbocycles. The average Bonchev–Trinajstić information content (AvgIpc) is 2.77. The van der Waals surface area contributed by atoms with Gasteiger partial charge >= 0.3 is 0 Å². The Morgan fingerprint density at radius 2 is 1.72 bits per heavy atom. The average molecular weight is 391 g/mol. The predicted molar refractivity (Wildman–Crippen MR) is 116 cm³/mol. The van der Waals surface area contributed by atoms with E-state index in [2.05, 4.69) is 15.6 Å². The van der Waals surface area contributed by atoms with Crippen LogP contribution >= 0.6 is 0 Å². The van der Waals surface area contributed by atoms with Crippen LogP contribution in [0.1, 0.15) is 5.56 Å². The summed E-state index contributed by atoms with van der Waals surface area (Å²) in [5.74, 6) is 1.32. The molecule has 0 saturated heterocycles. The van der Waals surface area contributed by atoms with E-state index >= 15 is 0 Å². The van der Waals surface area contributed by atoms with E-state index in [1.807, 2.05) is 66.7 Å². The molecule has 150 valence electrons. The molecule has 6 heteroatoms. The molecule has 0 fully saturated rings. The van der Waals surface area contributed by atoms with E-state index in [-0.39, 0.29) is 12.4 Å². The van der Waals surface area contributed by atoms with Gasteiger partial charge in [-0.2, -0.15) is 0 Å². The molecule has 0 unspecified atom stereocenters. The number of aliphatic hydroxyl groups is 1. The summed E-state index contributed by atoms with van der Waals surface area (Å²) in [6, 6.07) is 23.0. The Balaban J connectivity index is 1.84. The number of hydrogen-bond donors (Lipinski definition) is 4. The van der Waals surface area contributed by atoms with Crippen molar-refractivity contribution in [1.82, 2.24) is 5.32 Å². The van der Waals surface area contributed by atoms with Gasteiger partial charge in [0.15, 0.2) is 5.96 Å². The fourth-order valence-electron chi connectivity index (χ4n) is 2.89. The molecule has 0 atom stereocenters. The zero-order valence-electron chi connectivity index (χ0n) is 16.3. The number of aliphatic hydroxyl groups excluding tert-OH is 1. The van der Waals surface area contributed by atoms with Crippen molar-refractivity contribution in [3.8, 4) is 22.6 Å². The standard InChI is InChI=1S/C23H25N3O3/c1-29-22-10-6-5-9-19(22)16-25-23(24-13-14-27)26-20-15-18(11-12-21(20)28)17-7-3-2-4-8-17/h2-12,15,27-28H,13-14,16H2,1H3,(H2,24,25,26). The molecule has 0 aromatic heterocycles. The lowest BCUT2D eigenvalue weighted by Gasteiger charge is -2.15. The van der Waals surface area contributed by atoms with Crippen LogP contribution in [0.25, 0.3) is 11.1 Å². The van der Waals surface area contributed by atoms with Crippen LogP contribution in [0.15, 0.2) is 77.8 Å². The largest absolute Gasteiger partial charge is 0.506 e. The fraction of sp³-hybridized carbons (Fsp3) is 0.174. The zero-order valence-corrected chi connectivity index (χ0v) is 16.3. The molecule has 4 N–H and O–H groups in total. The summed E-state index contributed by atoms with van der Waals surface area (Å²) in [6.45, 7) is 0.673. The van der Waals surface area contributed by atoms with Crippen molar-refractivity contribution in [2.75, 3.05) is 25.6 Å². The Hall–Kier alpha value is -3.51. The first-order valence-corrected chi connectivity index (χ1v) is 9.38. The van der Waals surface area contributed by atoms with Gasteiger partial charge in [0.1, 0.15) is 11.5 Å². The van der Waals surface area contributed by atoms with Gasteiger partial charge in [0.25, 0.3) is 0 Å². The maximum atomic E-state index is 10.3. The van der Waals surface area contributed by atoms with Crippen LogP contribution in [0.4, 0.5) is 5.69 Å². The van der Waals surface area contributed by atoms with E-state index in [4.69, 9.17) is 4.74 Å². The molecule has 3 aromatic carbocycles. The number of nitrogens with zero attached hydrogens (tertiary/aromatic N) is 1. The third-order valence-corrected chi connectivity index (χ3v) is 4.36. The first kappa shape index (κ1) is 20.2. The van der Waals surface area contributed by atoms with Gasteiger partial charge < -0.3 is 25.6 Å². The number of nitrogens with one attached hydrogen (secondary N) is 2. The van der Waals surface area contributed by atoms with Crippen molar-refractivity contribution in [2.45, 2.75) is 6.54 Å². The highest BCUT2D eigenvalue weighted by Gasteiger charge is 2.08. The summed E-state index contributed by atoms with van der Waals surface area (Å²) in [7, 11) is 1.62. The summed E-state index contributed by atoms with van der Waals surface area (Å²) in [5, 5.41) is 25.7. The van der Waals surface area contributed by atoms with E-state index in [0.29, 0.717) is 24.7 Å². The molecule has 0 amide bonds. The minimum Gasteiger partial charge on any atom is -0.506 e. The monoisotopic (exact) mass is 391 g/mol. The van der Waals surface area contributed by atoms with Crippen LogP contribution in [-0.2, 0) is 6.54 Å². The molecule has 0 heterocycles. The lowest BCUT2D eigenvalue weighted by atomic mass is 10.0. The second-order valence-corrected chi connectivity index (χ2v) is 6.35. The minimum atomic E-state index is -0.0363. The van der Waals surface area contributed by atoms with Crippen LogP contribution in [-0.4, -0.2) is 36.4 Å². The molecule has 6 nitrogen and oxygen atoms in total. The number of phenols is 1. The Kier molecular flexibility index (Phi) is 7.08. The summed E-state index contributed by atoms with van der Waals surface area (Å²) in [6.07, 6.45) is 0. The van der Waals surface area contributed by atoms with Crippen molar-refractivity contribution >= 4 is 11.6 Å². The van der Waals surface area contributed by atoms with Gasteiger partial charge in [-0.3, -0.25) is 0 Å². The molecule has 29 heavy (non-hydrogen) atoms. The van der Waals surface area contributed by atoms with Crippen LogP contribution < -0.4 is 15.4 Å². The number of aromatic hydroxyl groups is 1. The SMILES string of the molecule is COc1ccccc1CN=C(NCCO)Nc1cc(-c2ccccc2)ccc1O. The molecular weight excluding hydrogens is 366 g/mol. The van der Waals surface area contributed by atoms with Crippen molar-refractivity contribution in [3.05, 3.63) is 78.4 Å². The number of rotatable bonds is 7. The number of ether oxygens (including phenoxy) is 1. The summed E-state index contributed by atoms with van der Waals surface area (Å²) in [5.41, 5.74) is 3.47. The second-order valence-electron chi connectivity index (χ2n) is 6.35. The fourth-order valence-corrected chi connectivity index (χ4v) is 2.89. The Labute approximate surface area is 170 Å². The van der Waals surface area contributed by atoms with E-state index in [9.17, 15) is 10.2 Å². The van der Waals surface area contributed by atoms with E-state index in [1.54, 1.807) is 13.2 Å². The lowest BCUT2D eigenvalue weighted by molar-refractivity contribution is 0.300. The normalized spacial score (nSPS) is 11.2. The highest BCUT2D eigenvalue weighted by molar-refractivity contribution is 5.95. The van der Waals surface area contributed by atoms with Gasteiger partial charge in [-0.05, 0) is 29.3 Å². The van der Waals surface area contributed by atoms with Crippen molar-refractivity contribution in [1.29, 1.82) is 0 Å². The first-order chi connectivity index (χ1) is 14.2. The van der Waals surface area contributed by atoms with Crippen molar-refractivity contribution in [3.63, 3.8) is 0 Å². The van der Waals surface area contributed by atoms with Crippen LogP contribution in [0.5, 0.6) is 11.5 Å². The molecule has 3 aromatic rings. The highest BCUT2D eigenvalue weighted by atomic mass is 16.5. The first-order valence-electron chi connectivity index (χ1n) is 9.38. The molecule has 0 aliphatic heterocycles. The second kappa shape index (κ2) is 10.1. The highest BCUT2D eigenvalue weighted by Crippen LogP contribution is 2.29. The van der Waals surface area contributed by atoms with E-state index < -0.39 is 0 Å². The minimum absolute atomic E-state index is 0.0363. The number of methoxy groups -OCH3 is 1. The third kappa shape index (κ3) is 5.49. The van der Waals surface area contributed by atoms with Gasteiger partial charge in [-0.1, -0.05) is 54.6 Å². The summed E-state index contributed by atoms with van der Waals surface area (Å²) >= 11 is 0. The number of anilines is 1. The molecule has 0 bridgehead atoms. The van der Waals surface area contributed by atoms with Gasteiger partial charge in [-0.15, -0.1) is 0 Å². The molecule has 0 aliphatic rings. The molecule has 0 radical (unpaired) electrons. The molecule has 0 saturated carbocycles. The van der Waals surface area contributed by atoms with E-state index in [1.165, 1.54) is 0 Å². The van der Waals surface area contributed by atoms with Crippen molar-refractivity contribution < 1.29 is 14.9 Å². The number of benzene rings is 3. The van der Waals surface area contributed by atoms with Gasteiger partial charge in [0.2, 0.25) is 0 Å². The lowest BCUT2D eigenvalue weighted by Crippen LogP contribution is -2.33. The topological polar surface area (TPSA) is 86.1 Å². The summed E-state index contributed by atoms with van der Waals surface area (Å²) < 4.78 is 5.37. The van der Waals surface area contributed by atoms with Gasteiger partial charge in [-0.25, -0.2) is 4.99 Å². The van der Waals surface area contributed by atoms with Gasteiger partial charge in [0, 0.05) is 12.1 Å². The Morgan fingerprint density at radius 3 is 2.48 bits per heavy atom. The third-order valence-electron chi connectivity index (χ3n) is 4.36. The predicted octanol–water partition coefficient (Wildman–Crippen LogP) is 3.62. The maximum Gasteiger partial charge on any atom is 0.196 e. The number of guanidine groups is 1. The van der Waals surface area contributed by atoms with Gasteiger partial charge in [0.05, 0.1) is 25.9 Å². The van der Waals surface area contributed by atoms with Crippen LogP contribution in [0, 0.1) is 0 Å². The van der Waals surface area contributed by atoms with Crippen LogP contribution in [0.3, 0.4) is 0 Å². The number of aliphatic imine (C=N–C) groups is 1. The zero-order chi connectivity index (χ0) is 20.5. The summed E-state index contributed by atoms with van der Waals surface area (Å²) in [4.78, 5) is 4.57. The number of phenolic OH excluding ortho intramolecular Hbond substituents is 1.